The number of likely N-dealkylation sites (tertiary alicyclic amines) is 1. The summed E-state index contributed by atoms with van der Waals surface area (Å²) in [5.41, 5.74) is 12.7. The van der Waals surface area contributed by atoms with Gasteiger partial charge in [-0.25, -0.2) is 4.99 Å². The van der Waals surface area contributed by atoms with Crippen LogP contribution in [0, 0.1) is 11.8 Å². The van der Waals surface area contributed by atoms with Crippen molar-refractivity contribution >= 4 is 11.7 Å². The zero-order valence-electron chi connectivity index (χ0n) is 14.9. The Hall–Kier alpha value is -2.12. The quantitative estimate of drug-likeness (QED) is 0.365. The van der Waals surface area contributed by atoms with E-state index in [1.807, 2.05) is 6.08 Å². The number of nitrogens with zero attached hydrogens (tertiary/aromatic N) is 3. The molecule has 1 saturated heterocycles. The van der Waals surface area contributed by atoms with Crippen molar-refractivity contribution in [3.63, 3.8) is 0 Å². The number of H-pyrrole nitrogens is 1. The number of allylic oxidation sites excluding steroid dienone is 1. The largest absolute Gasteiger partial charge is 0.404 e. The molecule has 0 spiro atoms. The average Bonchev–Trinajstić information content (AvgIpc) is 3.12. The first kappa shape index (κ1) is 17.7. The highest BCUT2D eigenvalue weighted by Crippen LogP contribution is 2.50. The van der Waals surface area contributed by atoms with Crippen LogP contribution in [0.25, 0.3) is 0 Å². The lowest BCUT2D eigenvalue weighted by Gasteiger charge is -2.45. The summed E-state index contributed by atoms with van der Waals surface area (Å²) in [4.78, 5) is 6.67. The van der Waals surface area contributed by atoms with Crippen molar-refractivity contribution in [3.05, 3.63) is 35.7 Å². The van der Waals surface area contributed by atoms with E-state index in [2.05, 4.69) is 34.1 Å². The third-order valence-corrected chi connectivity index (χ3v) is 5.47. The maximum atomic E-state index is 11.7. The van der Waals surface area contributed by atoms with Gasteiger partial charge in [-0.1, -0.05) is 13.0 Å². The topological polar surface area (TPSA) is 117 Å². The molecule has 6 N–H and O–H groups in total. The van der Waals surface area contributed by atoms with E-state index in [9.17, 15) is 5.11 Å². The molecule has 25 heavy (non-hydrogen) atoms. The number of hydrogen-bond acceptors (Lipinski definition) is 5. The predicted octanol–water partition coefficient (Wildman–Crippen LogP) is 1.28. The smallest absolute Gasteiger partial charge is 0.150 e. The molecule has 136 valence electrons. The van der Waals surface area contributed by atoms with E-state index in [-0.39, 0.29) is 11.8 Å². The van der Waals surface area contributed by atoms with E-state index in [1.54, 1.807) is 12.3 Å². The Labute approximate surface area is 148 Å². The average molecular weight is 344 g/mol. The Morgan fingerprint density at radius 3 is 2.68 bits per heavy atom. The van der Waals surface area contributed by atoms with Crippen molar-refractivity contribution in [2.75, 3.05) is 20.1 Å². The highest BCUT2D eigenvalue weighted by molar-refractivity contribution is 6.02. The predicted molar refractivity (Wildman–Crippen MR) is 99.2 cm³/mol. The van der Waals surface area contributed by atoms with Crippen LogP contribution in [-0.2, 0) is 0 Å². The second kappa shape index (κ2) is 7.01. The minimum atomic E-state index is -0.901. The van der Waals surface area contributed by atoms with Gasteiger partial charge in [-0.05, 0) is 31.9 Å². The van der Waals surface area contributed by atoms with Gasteiger partial charge in [-0.3, -0.25) is 5.10 Å². The van der Waals surface area contributed by atoms with Gasteiger partial charge in [-0.15, -0.1) is 0 Å². The van der Waals surface area contributed by atoms with Crippen LogP contribution in [0.4, 0.5) is 5.82 Å². The molecule has 2 unspecified atom stereocenters. The van der Waals surface area contributed by atoms with Crippen LogP contribution in [0.3, 0.4) is 0 Å². The van der Waals surface area contributed by atoms with Crippen LogP contribution in [0.2, 0.25) is 0 Å². The first-order chi connectivity index (χ1) is 12.0. The van der Waals surface area contributed by atoms with Gasteiger partial charge in [0.1, 0.15) is 11.7 Å². The zero-order chi connectivity index (χ0) is 18.0. The number of hydrogen-bond donors (Lipinski definition) is 4. The molecule has 1 saturated carbocycles. The van der Waals surface area contributed by atoms with E-state index in [4.69, 9.17) is 11.5 Å². The second-order valence-electron chi connectivity index (χ2n) is 7.06. The number of fused-ring (bicyclic) bond motifs is 2. The van der Waals surface area contributed by atoms with Crippen LogP contribution in [-0.4, -0.2) is 51.8 Å². The first-order valence-corrected chi connectivity index (χ1v) is 8.88. The summed E-state index contributed by atoms with van der Waals surface area (Å²) in [6, 6.07) is 1.73. The summed E-state index contributed by atoms with van der Waals surface area (Å²) in [5.74, 6) is 1.22. The fraction of sp³-hybridized carbons (Fsp3) is 0.556. The molecule has 2 atom stereocenters. The fourth-order valence-corrected chi connectivity index (χ4v) is 4.41. The van der Waals surface area contributed by atoms with Crippen LogP contribution in [0.5, 0.6) is 0 Å². The Morgan fingerprint density at radius 2 is 2.16 bits per heavy atom. The van der Waals surface area contributed by atoms with Gasteiger partial charge in [0.25, 0.3) is 0 Å². The number of aromatic nitrogens is 2. The fourth-order valence-electron chi connectivity index (χ4n) is 4.41. The van der Waals surface area contributed by atoms with E-state index < -0.39 is 5.60 Å². The Balaban J connectivity index is 1.99. The van der Waals surface area contributed by atoms with Crippen molar-refractivity contribution in [2.45, 2.75) is 31.8 Å². The number of aliphatic imine (C=N–C) groups is 1. The molecule has 0 radical (unpaired) electrons. The van der Waals surface area contributed by atoms with Crippen LogP contribution in [0.1, 0.15) is 26.2 Å². The minimum absolute atomic E-state index is 0.184. The van der Waals surface area contributed by atoms with Crippen molar-refractivity contribution < 1.29 is 5.11 Å². The van der Waals surface area contributed by atoms with Gasteiger partial charge < -0.3 is 21.5 Å². The summed E-state index contributed by atoms with van der Waals surface area (Å²) in [6.45, 7) is 3.81. The molecule has 1 aliphatic heterocycles. The number of amidine groups is 1. The monoisotopic (exact) mass is 344 g/mol. The molecule has 7 heteroatoms. The second-order valence-corrected chi connectivity index (χ2v) is 7.06. The highest BCUT2D eigenvalue weighted by Gasteiger charge is 2.55. The maximum Gasteiger partial charge on any atom is 0.150 e. The number of nitrogens with two attached hydrogens (primary N) is 2. The summed E-state index contributed by atoms with van der Waals surface area (Å²) in [5, 5.41) is 18.4. The molecule has 0 aromatic carbocycles. The molecular weight excluding hydrogens is 316 g/mol. The van der Waals surface area contributed by atoms with Crippen LogP contribution < -0.4 is 11.5 Å². The Bertz CT molecular complexity index is 676. The number of rotatable bonds is 5. The number of aliphatic hydroxyl groups is 1. The third-order valence-electron chi connectivity index (χ3n) is 5.47. The SMILES string of the molecule is CC\C=C(C(=C/N)/C(N)=N/c1ccn[nH]1)\C1(O)C2CCC1CN(C)C2. The molecule has 1 aliphatic carbocycles. The van der Waals surface area contributed by atoms with E-state index >= 15 is 0 Å². The molecule has 3 rings (SSSR count). The van der Waals surface area contributed by atoms with Gasteiger partial charge in [0, 0.05) is 42.8 Å². The molecule has 0 amide bonds. The Kier molecular flexibility index (Phi) is 4.96. The lowest BCUT2D eigenvalue weighted by atomic mass is 9.72. The van der Waals surface area contributed by atoms with Gasteiger partial charge in [0.2, 0.25) is 0 Å². The molecule has 2 aliphatic rings. The first-order valence-electron chi connectivity index (χ1n) is 8.88. The lowest BCUT2D eigenvalue weighted by Crippen LogP contribution is -2.54. The van der Waals surface area contributed by atoms with E-state index in [0.717, 1.165) is 37.9 Å². The summed E-state index contributed by atoms with van der Waals surface area (Å²) >= 11 is 0. The van der Waals surface area contributed by atoms with Gasteiger partial charge in [0.15, 0.2) is 0 Å². The maximum absolute atomic E-state index is 11.7. The van der Waals surface area contributed by atoms with E-state index in [0.29, 0.717) is 17.2 Å². The number of nitrogens with one attached hydrogen (secondary N) is 1. The van der Waals surface area contributed by atoms with E-state index in [1.165, 1.54) is 6.20 Å². The van der Waals surface area contributed by atoms with Crippen molar-refractivity contribution in [1.82, 2.24) is 15.1 Å². The van der Waals surface area contributed by atoms with Crippen molar-refractivity contribution in [3.8, 4) is 0 Å². The van der Waals surface area contributed by atoms with Crippen LogP contribution >= 0.6 is 0 Å². The summed E-state index contributed by atoms with van der Waals surface area (Å²) < 4.78 is 0. The normalized spacial score (nSPS) is 31.6. The standard InChI is InChI=1S/C18H28N6O/c1-3-4-15(14(9-19)17(20)22-16-7-8-21-23-16)18(25)12-5-6-13(18)11-24(2)10-12/h4,7-9,12-13,25H,3,5-6,10-11,19H2,1-2H3,(H3,20,21,22,23)/b14-9-,15-4+. The molecule has 2 fully saturated rings. The molecule has 2 bridgehead atoms. The van der Waals surface area contributed by atoms with Gasteiger partial charge in [-0.2, -0.15) is 5.10 Å². The molecule has 7 nitrogen and oxygen atoms in total. The summed E-state index contributed by atoms with van der Waals surface area (Å²) in [6.07, 6.45) is 7.95. The van der Waals surface area contributed by atoms with Crippen LogP contribution in [0.15, 0.2) is 40.7 Å². The Morgan fingerprint density at radius 1 is 1.48 bits per heavy atom. The summed E-state index contributed by atoms with van der Waals surface area (Å²) in [7, 11) is 2.11. The zero-order valence-corrected chi connectivity index (χ0v) is 14.9. The van der Waals surface area contributed by atoms with Gasteiger partial charge in [0.05, 0.1) is 11.8 Å². The van der Waals surface area contributed by atoms with Crippen molar-refractivity contribution in [2.24, 2.45) is 28.3 Å². The van der Waals surface area contributed by atoms with Crippen molar-refractivity contribution in [1.29, 1.82) is 0 Å². The third kappa shape index (κ3) is 3.09. The highest BCUT2D eigenvalue weighted by atomic mass is 16.3. The number of aromatic amines is 1. The molecule has 1 aromatic rings. The molecule has 2 heterocycles. The molecule has 1 aromatic heterocycles. The molecular formula is C18H28N6O. The number of piperidine rings is 1. The minimum Gasteiger partial charge on any atom is -0.404 e. The lowest BCUT2D eigenvalue weighted by molar-refractivity contribution is -0.0467. The van der Waals surface area contributed by atoms with Gasteiger partial charge >= 0.3 is 0 Å².